The lowest BCUT2D eigenvalue weighted by Crippen LogP contribution is -2.10. The zero-order valence-electron chi connectivity index (χ0n) is 6.71. The van der Waals surface area contributed by atoms with Gasteiger partial charge in [0.15, 0.2) is 0 Å². The maximum Gasteiger partial charge on any atom is 0.108 e. The van der Waals surface area contributed by atoms with Crippen molar-refractivity contribution in [3.8, 4) is 12.3 Å². The molecule has 0 spiro atoms. The second kappa shape index (κ2) is 4.00. The lowest BCUT2D eigenvalue weighted by atomic mass is 10.1. The Hall–Kier alpha value is -1.00. The first-order valence-corrected chi connectivity index (χ1v) is 3.75. The summed E-state index contributed by atoms with van der Waals surface area (Å²) in [5, 5.41) is 0. The van der Waals surface area contributed by atoms with Crippen molar-refractivity contribution in [1.29, 1.82) is 0 Å². The molecular formula is C10H12O. The summed E-state index contributed by atoms with van der Waals surface area (Å²) in [7, 11) is 0. The number of hydrogen-bond donors (Lipinski definition) is 0. The normalized spacial score (nSPS) is 17.6. The molecule has 0 saturated heterocycles. The Morgan fingerprint density at radius 3 is 3.18 bits per heavy atom. The molecule has 1 aliphatic carbocycles. The fourth-order valence-corrected chi connectivity index (χ4v) is 1.05. The van der Waals surface area contributed by atoms with Gasteiger partial charge in [0.2, 0.25) is 0 Å². The van der Waals surface area contributed by atoms with Crippen molar-refractivity contribution in [1.82, 2.24) is 0 Å². The molecule has 11 heavy (non-hydrogen) atoms. The molecule has 0 bridgehead atoms. The van der Waals surface area contributed by atoms with Gasteiger partial charge in [0.25, 0.3) is 0 Å². The van der Waals surface area contributed by atoms with E-state index in [2.05, 4.69) is 18.1 Å². The molecule has 0 radical (unpaired) electrons. The lowest BCUT2D eigenvalue weighted by molar-refractivity contribution is 0.118. The van der Waals surface area contributed by atoms with Crippen molar-refractivity contribution in [3.63, 3.8) is 0 Å². The van der Waals surface area contributed by atoms with Gasteiger partial charge in [0.05, 0.1) is 6.10 Å². The van der Waals surface area contributed by atoms with Crippen LogP contribution in [0.4, 0.5) is 0 Å². The monoisotopic (exact) mass is 148 g/mol. The second-order valence-electron chi connectivity index (χ2n) is 2.53. The lowest BCUT2D eigenvalue weighted by Gasteiger charge is -2.11. The van der Waals surface area contributed by atoms with E-state index < -0.39 is 0 Å². The molecular weight excluding hydrogens is 136 g/mol. The van der Waals surface area contributed by atoms with Crippen molar-refractivity contribution in [3.05, 3.63) is 23.8 Å². The second-order valence-corrected chi connectivity index (χ2v) is 2.53. The van der Waals surface area contributed by atoms with Gasteiger partial charge < -0.3 is 4.74 Å². The molecule has 0 aromatic heterocycles. The zero-order chi connectivity index (χ0) is 8.10. The Morgan fingerprint density at radius 1 is 1.82 bits per heavy atom. The molecule has 0 amide bonds. The van der Waals surface area contributed by atoms with Gasteiger partial charge in [-0.1, -0.05) is 24.1 Å². The Labute approximate surface area is 67.8 Å². The van der Waals surface area contributed by atoms with Gasteiger partial charge in [0.1, 0.15) is 6.61 Å². The number of allylic oxidation sites excluding steroid dienone is 3. The van der Waals surface area contributed by atoms with E-state index in [1.807, 2.05) is 13.0 Å². The van der Waals surface area contributed by atoms with E-state index in [-0.39, 0.29) is 6.10 Å². The van der Waals surface area contributed by atoms with Crippen LogP contribution in [0.1, 0.15) is 13.3 Å². The summed E-state index contributed by atoms with van der Waals surface area (Å²) in [5.74, 6) is 2.45. The highest BCUT2D eigenvalue weighted by Crippen LogP contribution is 2.16. The van der Waals surface area contributed by atoms with Gasteiger partial charge in [-0.15, -0.1) is 6.42 Å². The summed E-state index contributed by atoms with van der Waals surface area (Å²) in [5.41, 5.74) is 1.31. The largest absolute Gasteiger partial charge is 0.361 e. The van der Waals surface area contributed by atoms with Crippen LogP contribution >= 0.6 is 0 Å². The molecule has 1 rings (SSSR count). The maximum atomic E-state index is 5.33. The van der Waals surface area contributed by atoms with Gasteiger partial charge in [0, 0.05) is 0 Å². The quantitative estimate of drug-likeness (QED) is 0.555. The number of rotatable bonds is 3. The third-order valence-corrected chi connectivity index (χ3v) is 1.74. The maximum absolute atomic E-state index is 5.33. The van der Waals surface area contributed by atoms with Crippen LogP contribution in [0.25, 0.3) is 0 Å². The highest BCUT2D eigenvalue weighted by molar-refractivity contribution is 5.25. The highest BCUT2D eigenvalue weighted by Gasteiger charge is 2.08. The van der Waals surface area contributed by atoms with E-state index in [1.165, 1.54) is 5.57 Å². The Bertz CT molecular complexity index is 218. The van der Waals surface area contributed by atoms with Crippen molar-refractivity contribution < 1.29 is 4.74 Å². The predicted octanol–water partition coefficient (Wildman–Crippen LogP) is 1.91. The van der Waals surface area contributed by atoms with Gasteiger partial charge in [-0.25, -0.2) is 0 Å². The van der Waals surface area contributed by atoms with Gasteiger partial charge >= 0.3 is 0 Å². The number of hydrogen-bond acceptors (Lipinski definition) is 1. The summed E-state index contributed by atoms with van der Waals surface area (Å²) in [6, 6.07) is 0. The number of ether oxygens (including phenoxy) is 1. The molecule has 0 heterocycles. The summed E-state index contributed by atoms with van der Waals surface area (Å²) < 4.78 is 5.33. The highest BCUT2D eigenvalue weighted by atomic mass is 16.5. The van der Waals surface area contributed by atoms with Crippen LogP contribution < -0.4 is 0 Å². The fraction of sp³-hybridized carbons (Fsp3) is 0.400. The Morgan fingerprint density at radius 2 is 2.64 bits per heavy atom. The minimum absolute atomic E-state index is 0.168. The molecule has 0 aromatic carbocycles. The minimum atomic E-state index is 0.168. The molecule has 58 valence electrons. The van der Waals surface area contributed by atoms with Crippen molar-refractivity contribution >= 4 is 0 Å². The van der Waals surface area contributed by atoms with E-state index in [4.69, 9.17) is 11.2 Å². The third-order valence-electron chi connectivity index (χ3n) is 1.74. The molecule has 1 atom stereocenters. The molecule has 0 saturated carbocycles. The van der Waals surface area contributed by atoms with Crippen LogP contribution in [0.3, 0.4) is 0 Å². The van der Waals surface area contributed by atoms with Crippen LogP contribution in [0.15, 0.2) is 23.8 Å². The van der Waals surface area contributed by atoms with Crippen LogP contribution in [0, 0.1) is 12.3 Å². The van der Waals surface area contributed by atoms with E-state index in [0.717, 1.165) is 6.42 Å². The first-order chi connectivity index (χ1) is 5.34. The first-order valence-electron chi connectivity index (χ1n) is 3.75. The zero-order valence-corrected chi connectivity index (χ0v) is 6.71. The molecule has 0 aliphatic heterocycles. The average molecular weight is 148 g/mol. The van der Waals surface area contributed by atoms with Crippen LogP contribution in [-0.4, -0.2) is 12.7 Å². The van der Waals surface area contributed by atoms with Gasteiger partial charge in [-0.05, 0) is 18.9 Å². The Kier molecular flexibility index (Phi) is 2.95. The molecule has 1 nitrogen and oxygen atoms in total. The number of terminal acetylenes is 1. The third kappa shape index (κ3) is 2.25. The van der Waals surface area contributed by atoms with Crippen LogP contribution in [0.5, 0.6) is 0 Å². The molecule has 0 aromatic rings. The van der Waals surface area contributed by atoms with Crippen LogP contribution in [-0.2, 0) is 4.74 Å². The van der Waals surface area contributed by atoms with E-state index >= 15 is 0 Å². The summed E-state index contributed by atoms with van der Waals surface area (Å²) in [4.78, 5) is 0. The summed E-state index contributed by atoms with van der Waals surface area (Å²) in [6.07, 6.45) is 12.5. The SMILES string of the molecule is C#CCOC(C)C1=CC=CC1. The molecule has 1 aliphatic rings. The predicted molar refractivity (Wildman–Crippen MR) is 46.1 cm³/mol. The minimum Gasteiger partial charge on any atom is -0.361 e. The smallest absolute Gasteiger partial charge is 0.108 e. The van der Waals surface area contributed by atoms with E-state index in [9.17, 15) is 0 Å². The molecule has 1 heteroatoms. The van der Waals surface area contributed by atoms with Gasteiger partial charge in [-0.3, -0.25) is 0 Å². The Balaban J connectivity index is 2.31. The van der Waals surface area contributed by atoms with E-state index in [1.54, 1.807) is 0 Å². The van der Waals surface area contributed by atoms with E-state index in [0.29, 0.717) is 6.61 Å². The summed E-state index contributed by atoms with van der Waals surface area (Å²) in [6.45, 7) is 2.43. The standard InChI is InChI=1S/C10H12O/c1-3-8-11-9(2)10-6-4-5-7-10/h1,4-6,9H,7-8H2,2H3. The van der Waals surface area contributed by atoms with Crippen molar-refractivity contribution in [2.45, 2.75) is 19.4 Å². The fourth-order valence-electron chi connectivity index (χ4n) is 1.05. The average Bonchev–Trinajstić information content (AvgIpc) is 2.52. The van der Waals surface area contributed by atoms with Crippen molar-refractivity contribution in [2.24, 2.45) is 0 Å². The topological polar surface area (TPSA) is 9.23 Å². The van der Waals surface area contributed by atoms with Crippen LogP contribution in [0.2, 0.25) is 0 Å². The van der Waals surface area contributed by atoms with Gasteiger partial charge in [-0.2, -0.15) is 0 Å². The molecule has 0 N–H and O–H groups in total. The molecule has 1 unspecified atom stereocenters. The molecule has 0 fully saturated rings. The summed E-state index contributed by atoms with van der Waals surface area (Å²) >= 11 is 0. The first kappa shape index (κ1) is 8.10. The van der Waals surface area contributed by atoms with Crippen molar-refractivity contribution in [2.75, 3.05) is 6.61 Å².